The minimum absolute atomic E-state index is 0.109. The molecule has 0 aliphatic heterocycles. The Morgan fingerprint density at radius 3 is 1.83 bits per heavy atom. The summed E-state index contributed by atoms with van der Waals surface area (Å²) in [6.45, 7) is 7.36. The first-order chi connectivity index (χ1) is 8.45. The minimum atomic E-state index is -3.65. The zero-order chi connectivity index (χ0) is 14.2. The van der Waals surface area contributed by atoms with Gasteiger partial charge in [-0.05, 0) is 32.3 Å². The molecule has 0 aromatic heterocycles. The molecule has 6 nitrogen and oxygen atoms in total. The lowest BCUT2D eigenvalue weighted by Gasteiger charge is -2.21. The Morgan fingerprint density at radius 1 is 1.11 bits per heavy atom. The van der Waals surface area contributed by atoms with Crippen molar-refractivity contribution < 1.29 is 27.6 Å². The van der Waals surface area contributed by atoms with Gasteiger partial charge >= 0.3 is 15.9 Å². The third kappa shape index (κ3) is 5.25. The first-order valence-corrected chi connectivity index (χ1v) is 8.78. The molecular weight excluding hydrogens is 278 g/mol. The minimum Gasteiger partial charge on any atom is -0.418 e. The number of hydrogen-bond acceptors (Lipinski definition) is 5. The van der Waals surface area contributed by atoms with Crippen LogP contribution in [0.1, 0.15) is 40.5 Å². The van der Waals surface area contributed by atoms with Crippen LogP contribution in [0.4, 0.5) is 0 Å². The predicted molar refractivity (Wildman–Crippen MR) is 70.8 cm³/mol. The summed E-state index contributed by atoms with van der Waals surface area (Å²) in [6.07, 6.45) is 1.09. The predicted octanol–water partition coefficient (Wildman–Crippen LogP) is 3.68. The summed E-state index contributed by atoms with van der Waals surface area (Å²) < 4.78 is 38.5. The van der Waals surface area contributed by atoms with E-state index >= 15 is 0 Å². The van der Waals surface area contributed by atoms with E-state index in [4.69, 9.17) is 18.5 Å². The molecule has 0 radical (unpaired) electrons. The van der Waals surface area contributed by atoms with E-state index in [0.717, 1.165) is 0 Å². The number of rotatable bonds is 9. The lowest BCUT2D eigenvalue weighted by Crippen LogP contribution is -2.03. The second kappa shape index (κ2) is 8.89. The van der Waals surface area contributed by atoms with Crippen LogP contribution in [0.15, 0.2) is 11.1 Å². The van der Waals surface area contributed by atoms with Crippen LogP contribution in [0.25, 0.3) is 0 Å². The first kappa shape index (κ1) is 17.9. The zero-order valence-electron chi connectivity index (χ0n) is 11.3. The highest BCUT2D eigenvalue weighted by Crippen LogP contribution is 2.60. The molecule has 0 aliphatic carbocycles. The molecule has 0 fully saturated rings. The summed E-state index contributed by atoms with van der Waals surface area (Å²) >= 11 is 0. The van der Waals surface area contributed by atoms with Gasteiger partial charge in [0.1, 0.15) is 0 Å². The normalized spacial score (nSPS) is 13.2. The zero-order valence-corrected chi connectivity index (χ0v) is 13.2. The molecule has 0 aliphatic rings. The maximum absolute atomic E-state index is 12.5. The molecule has 0 bridgehead atoms. The van der Waals surface area contributed by atoms with Crippen molar-refractivity contribution in [2.24, 2.45) is 0 Å². The Bertz CT molecular complexity index is 336. The summed E-state index contributed by atoms with van der Waals surface area (Å²) in [7, 11) is -6.91. The van der Waals surface area contributed by atoms with Gasteiger partial charge in [-0.25, -0.2) is 4.57 Å². The Labute approximate surface area is 109 Å². The average molecular weight is 300 g/mol. The molecule has 0 amide bonds. The monoisotopic (exact) mass is 300 g/mol. The SMILES string of the molecule is CCOP(=O)(OCC)C(O[PH](=O)O)=C(CC)CC. The van der Waals surface area contributed by atoms with Crippen LogP contribution in [0, 0.1) is 0 Å². The van der Waals surface area contributed by atoms with Crippen molar-refractivity contribution in [3.8, 4) is 0 Å². The van der Waals surface area contributed by atoms with Crippen LogP contribution in [-0.2, 0) is 22.7 Å². The van der Waals surface area contributed by atoms with E-state index in [9.17, 15) is 9.13 Å². The van der Waals surface area contributed by atoms with Gasteiger partial charge in [0.2, 0.25) is 5.50 Å². The Hall–Kier alpha value is -0.120. The van der Waals surface area contributed by atoms with Gasteiger partial charge in [-0.15, -0.1) is 0 Å². The van der Waals surface area contributed by atoms with E-state index in [2.05, 4.69) is 0 Å². The molecule has 0 saturated heterocycles. The van der Waals surface area contributed by atoms with Crippen LogP contribution in [-0.4, -0.2) is 18.1 Å². The molecular formula is C10H22O6P2. The Kier molecular flexibility index (Phi) is 8.83. The quantitative estimate of drug-likeness (QED) is 0.516. The molecule has 1 N–H and O–H groups in total. The Balaban J connectivity index is 5.56. The van der Waals surface area contributed by atoms with Crippen LogP contribution in [0.2, 0.25) is 0 Å². The van der Waals surface area contributed by atoms with Gasteiger partial charge < -0.3 is 18.5 Å². The molecule has 0 heterocycles. The smallest absolute Gasteiger partial charge is 0.396 e. The van der Waals surface area contributed by atoms with Crippen molar-refractivity contribution in [2.75, 3.05) is 13.2 Å². The van der Waals surface area contributed by atoms with Crippen LogP contribution < -0.4 is 0 Å². The topological polar surface area (TPSA) is 82.1 Å². The fourth-order valence-corrected chi connectivity index (χ4v) is 4.13. The molecule has 0 rings (SSSR count). The summed E-state index contributed by atoms with van der Waals surface area (Å²) in [5.74, 6) is 0. The van der Waals surface area contributed by atoms with Gasteiger partial charge in [-0.1, -0.05) is 13.8 Å². The van der Waals surface area contributed by atoms with Crippen LogP contribution >= 0.6 is 15.9 Å². The Morgan fingerprint density at radius 2 is 1.56 bits per heavy atom. The van der Waals surface area contributed by atoms with Crippen LogP contribution in [0.3, 0.4) is 0 Å². The lowest BCUT2D eigenvalue weighted by molar-refractivity contribution is 0.211. The fourth-order valence-electron chi connectivity index (χ4n) is 1.45. The average Bonchev–Trinajstić information content (AvgIpc) is 2.29. The van der Waals surface area contributed by atoms with Gasteiger partial charge in [0.15, 0.2) is 0 Å². The van der Waals surface area contributed by atoms with Gasteiger partial charge in [0.05, 0.1) is 13.2 Å². The van der Waals surface area contributed by atoms with E-state index in [1.165, 1.54) is 0 Å². The van der Waals surface area contributed by atoms with Gasteiger partial charge in [-0.2, -0.15) is 0 Å². The molecule has 0 aromatic carbocycles. The van der Waals surface area contributed by atoms with Crippen molar-refractivity contribution in [1.82, 2.24) is 0 Å². The highest BCUT2D eigenvalue weighted by atomic mass is 31.2. The lowest BCUT2D eigenvalue weighted by atomic mass is 10.2. The number of hydrogen-bond donors (Lipinski definition) is 1. The molecule has 1 atom stereocenters. The summed E-state index contributed by atoms with van der Waals surface area (Å²) in [6, 6.07) is 0. The summed E-state index contributed by atoms with van der Waals surface area (Å²) in [4.78, 5) is 8.92. The largest absolute Gasteiger partial charge is 0.418 e. The maximum atomic E-state index is 12.5. The fraction of sp³-hybridized carbons (Fsp3) is 0.800. The van der Waals surface area contributed by atoms with Gasteiger partial charge in [0, 0.05) is 0 Å². The molecule has 1 unspecified atom stereocenters. The van der Waals surface area contributed by atoms with Gasteiger partial charge in [0.25, 0.3) is 0 Å². The van der Waals surface area contributed by atoms with E-state index < -0.39 is 15.9 Å². The number of allylic oxidation sites excluding steroid dienone is 1. The van der Waals surface area contributed by atoms with Crippen molar-refractivity contribution in [2.45, 2.75) is 40.5 Å². The summed E-state index contributed by atoms with van der Waals surface area (Å²) in [5.41, 5.74) is 0.551. The van der Waals surface area contributed by atoms with Crippen molar-refractivity contribution in [3.05, 3.63) is 11.1 Å². The van der Waals surface area contributed by atoms with Crippen molar-refractivity contribution in [1.29, 1.82) is 0 Å². The van der Waals surface area contributed by atoms with Crippen molar-refractivity contribution in [3.63, 3.8) is 0 Å². The molecule has 0 saturated carbocycles. The second-order valence-corrected chi connectivity index (χ2v) is 5.97. The molecule has 108 valence electrons. The third-order valence-corrected chi connectivity index (χ3v) is 4.84. The van der Waals surface area contributed by atoms with Crippen LogP contribution in [0.5, 0.6) is 0 Å². The van der Waals surface area contributed by atoms with E-state index in [0.29, 0.717) is 18.4 Å². The second-order valence-electron chi connectivity index (χ2n) is 3.32. The molecule has 0 aromatic rings. The van der Waals surface area contributed by atoms with Crippen molar-refractivity contribution >= 4 is 15.9 Å². The van der Waals surface area contributed by atoms with Gasteiger partial charge in [-0.3, -0.25) is 4.57 Å². The third-order valence-electron chi connectivity index (χ3n) is 2.19. The highest BCUT2D eigenvalue weighted by Gasteiger charge is 2.34. The molecule has 18 heavy (non-hydrogen) atoms. The van der Waals surface area contributed by atoms with E-state index in [-0.39, 0.29) is 18.7 Å². The molecule has 8 heteroatoms. The highest BCUT2D eigenvalue weighted by molar-refractivity contribution is 7.58. The van der Waals surface area contributed by atoms with E-state index in [1.807, 2.05) is 13.8 Å². The summed E-state index contributed by atoms with van der Waals surface area (Å²) in [5, 5.41) is 0. The standard InChI is InChI=1S/C10H22O6P2/c1-5-9(6-2)10(16-17(11)12)18(13,14-7-3)15-8-4/h17H,5-8H2,1-4H3,(H,11,12). The first-order valence-electron chi connectivity index (χ1n) is 5.97. The maximum Gasteiger partial charge on any atom is 0.396 e. The molecule has 0 spiro atoms. The van der Waals surface area contributed by atoms with E-state index in [1.54, 1.807) is 13.8 Å².